The van der Waals surface area contributed by atoms with Gasteiger partial charge in [-0.25, -0.2) is 0 Å². The van der Waals surface area contributed by atoms with Gasteiger partial charge < -0.3 is 20.9 Å². The number of nitrogens with one attached hydrogen (secondary N) is 1. The summed E-state index contributed by atoms with van der Waals surface area (Å²) in [5.74, 6) is -1.30. The van der Waals surface area contributed by atoms with Gasteiger partial charge in [0, 0.05) is 20.0 Å². The zero-order chi connectivity index (χ0) is 13.9. The second-order valence-electron chi connectivity index (χ2n) is 4.84. The first-order valence-corrected chi connectivity index (χ1v) is 5.80. The molecule has 18 heavy (non-hydrogen) atoms. The summed E-state index contributed by atoms with van der Waals surface area (Å²) < 4.78 is 0. The van der Waals surface area contributed by atoms with Crippen LogP contribution in [0, 0.1) is 5.92 Å². The van der Waals surface area contributed by atoms with Gasteiger partial charge in [-0.3, -0.25) is 14.4 Å². The summed E-state index contributed by atoms with van der Waals surface area (Å²) in [7, 11) is 3.56. The Morgan fingerprint density at radius 3 is 2.39 bits per heavy atom. The Morgan fingerprint density at radius 2 is 1.94 bits per heavy atom. The molecule has 0 unspecified atom stereocenters. The average molecular weight is 256 g/mol. The predicted molar refractivity (Wildman–Crippen MR) is 65.4 cm³/mol. The molecule has 1 aliphatic rings. The molecule has 0 aromatic heterocycles. The minimum absolute atomic E-state index is 0.120. The van der Waals surface area contributed by atoms with Gasteiger partial charge in [0.05, 0.1) is 18.5 Å². The van der Waals surface area contributed by atoms with Crippen LogP contribution in [0.4, 0.5) is 0 Å². The molecule has 1 saturated heterocycles. The third-order valence-electron chi connectivity index (χ3n) is 2.94. The third-order valence-corrected chi connectivity index (χ3v) is 2.94. The Bertz CT molecular complexity index is 356. The zero-order valence-electron chi connectivity index (χ0n) is 11.0. The topological polar surface area (TPSA) is 95.7 Å². The van der Waals surface area contributed by atoms with Crippen LogP contribution in [-0.4, -0.2) is 67.3 Å². The molecular weight excluding hydrogens is 236 g/mol. The molecule has 0 saturated carbocycles. The van der Waals surface area contributed by atoms with Crippen LogP contribution in [-0.2, 0) is 14.4 Å². The molecule has 2 atom stereocenters. The van der Waals surface area contributed by atoms with Crippen molar-refractivity contribution in [2.75, 3.05) is 33.7 Å². The number of likely N-dealkylation sites (N-methyl/N-ethyl adjacent to an activating group) is 1. The van der Waals surface area contributed by atoms with Crippen LogP contribution in [0.5, 0.6) is 0 Å². The van der Waals surface area contributed by atoms with Gasteiger partial charge in [-0.1, -0.05) is 0 Å². The molecule has 3 N–H and O–H groups in total. The quantitative estimate of drug-likeness (QED) is 0.608. The van der Waals surface area contributed by atoms with Crippen molar-refractivity contribution < 1.29 is 14.4 Å². The van der Waals surface area contributed by atoms with Crippen LogP contribution in [0.2, 0.25) is 0 Å². The Labute approximate surface area is 106 Å². The van der Waals surface area contributed by atoms with Crippen molar-refractivity contribution in [3.8, 4) is 0 Å². The lowest BCUT2D eigenvalue weighted by Gasteiger charge is -2.18. The Hall–Kier alpha value is -1.63. The van der Waals surface area contributed by atoms with E-state index in [1.165, 1.54) is 11.8 Å². The van der Waals surface area contributed by atoms with Crippen molar-refractivity contribution in [1.82, 2.24) is 15.1 Å². The minimum atomic E-state index is -0.514. The van der Waals surface area contributed by atoms with Gasteiger partial charge in [-0.05, 0) is 14.1 Å². The summed E-state index contributed by atoms with van der Waals surface area (Å²) in [6.45, 7) is 2.28. The van der Waals surface area contributed by atoms with Gasteiger partial charge in [0.25, 0.3) is 0 Å². The first-order chi connectivity index (χ1) is 8.31. The highest BCUT2D eigenvalue weighted by Crippen LogP contribution is 2.16. The Kier molecular flexibility index (Phi) is 4.66. The Balaban J connectivity index is 2.64. The van der Waals surface area contributed by atoms with E-state index in [-0.39, 0.29) is 30.9 Å². The van der Waals surface area contributed by atoms with Crippen LogP contribution in [0.25, 0.3) is 0 Å². The predicted octanol–water partition coefficient (Wildman–Crippen LogP) is -2.00. The molecule has 7 heteroatoms. The van der Waals surface area contributed by atoms with Crippen molar-refractivity contribution in [1.29, 1.82) is 0 Å². The Morgan fingerprint density at radius 1 is 1.33 bits per heavy atom. The fourth-order valence-corrected chi connectivity index (χ4v) is 2.04. The highest BCUT2D eigenvalue weighted by Gasteiger charge is 2.38. The average Bonchev–Trinajstić information content (AvgIpc) is 2.60. The van der Waals surface area contributed by atoms with Crippen molar-refractivity contribution in [2.45, 2.75) is 13.0 Å². The van der Waals surface area contributed by atoms with Gasteiger partial charge in [-0.2, -0.15) is 0 Å². The van der Waals surface area contributed by atoms with Crippen molar-refractivity contribution in [3.05, 3.63) is 0 Å². The fourth-order valence-electron chi connectivity index (χ4n) is 2.04. The van der Waals surface area contributed by atoms with E-state index in [2.05, 4.69) is 5.32 Å². The number of primary amides is 1. The number of carbonyl (C=O) groups excluding carboxylic acids is 3. The monoisotopic (exact) mass is 256 g/mol. The van der Waals surface area contributed by atoms with Crippen molar-refractivity contribution in [3.63, 3.8) is 0 Å². The largest absolute Gasteiger partial charge is 0.369 e. The molecular formula is C11H20N4O3. The van der Waals surface area contributed by atoms with E-state index in [4.69, 9.17) is 5.73 Å². The van der Waals surface area contributed by atoms with E-state index < -0.39 is 11.8 Å². The minimum Gasteiger partial charge on any atom is -0.369 e. The third kappa shape index (κ3) is 3.69. The lowest BCUT2D eigenvalue weighted by atomic mass is 10.0. The molecule has 3 amide bonds. The second-order valence-corrected chi connectivity index (χ2v) is 4.84. The van der Waals surface area contributed by atoms with Crippen LogP contribution in [0.3, 0.4) is 0 Å². The summed E-state index contributed by atoms with van der Waals surface area (Å²) in [5, 5.41) is 2.75. The smallest absolute Gasteiger partial charge is 0.234 e. The van der Waals surface area contributed by atoms with Crippen molar-refractivity contribution >= 4 is 17.7 Å². The zero-order valence-corrected chi connectivity index (χ0v) is 11.0. The van der Waals surface area contributed by atoms with Crippen LogP contribution >= 0.6 is 0 Å². The normalized spacial score (nSPS) is 23.2. The fraction of sp³-hybridized carbons (Fsp3) is 0.727. The summed E-state index contributed by atoms with van der Waals surface area (Å²) in [6, 6.07) is -0.390. The highest BCUT2D eigenvalue weighted by atomic mass is 16.2. The molecule has 0 aliphatic carbocycles. The second kappa shape index (κ2) is 5.81. The summed E-state index contributed by atoms with van der Waals surface area (Å²) >= 11 is 0. The highest BCUT2D eigenvalue weighted by molar-refractivity contribution is 5.83. The summed E-state index contributed by atoms with van der Waals surface area (Å²) in [5.41, 5.74) is 5.29. The molecule has 102 valence electrons. The van der Waals surface area contributed by atoms with Crippen LogP contribution in [0.15, 0.2) is 0 Å². The van der Waals surface area contributed by atoms with Crippen LogP contribution in [0.1, 0.15) is 6.92 Å². The van der Waals surface area contributed by atoms with Crippen molar-refractivity contribution in [2.24, 2.45) is 11.7 Å². The van der Waals surface area contributed by atoms with Gasteiger partial charge >= 0.3 is 0 Å². The number of nitrogens with two attached hydrogens (primary N) is 1. The van der Waals surface area contributed by atoms with E-state index in [9.17, 15) is 14.4 Å². The molecule has 1 rings (SSSR count). The van der Waals surface area contributed by atoms with E-state index in [0.717, 1.165) is 0 Å². The number of amides is 3. The molecule has 1 fully saturated rings. The number of hydrogen-bond donors (Lipinski definition) is 2. The molecule has 0 bridgehead atoms. The molecule has 1 aliphatic heterocycles. The summed E-state index contributed by atoms with van der Waals surface area (Å²) in [6.07, 6.45) is 0. The van der Waals surface area contributed by atoms with E-state index in [0.29, 0.717) is 6.54 Å². The maximum absolute atomic E-state index is 11.6. The first-order valence-electron chi connectivity index (χ1n) is 5.80. The SMILES string of the molecule is CC(=O)N1C[C@H](NC(=O)CN(C)C)[C@H](C(N)=O)C1. The standard InChI is InChI=1S/C11H20N4O3/c1-7(16)15-4-8(11(12)18)9(5-15)13-10(17)6-14(2)3/h8-9H,4-6H2,1-3H3,(H2,12,18)(H,13,17)/t8-,9+/m1/s1. The maximum Gasteiger partial charge on any atom is 0.234 e. The summed E-state index contributed by atoms with van der Waals surface area (Å²) in [4.78, 5) is 37.5. The number of carbonyl (C=O) groups is 3. The van der Waals surface area contributed by atoms with E-state index in [1.54, 1.807) is 19.0 Å². The molecule has 0 aromatic carbocycles. The van der Waals surface area contributed by atoms with Crippen LogP contribution < -0.4 is 11.1 Å². The number of likely N-dealkylation sites (tertiary alicyclic amines) is 1. The van der Waals surface area contributed by atoms with E-state index >= 15 is 0 Å². The van der Waals surface area contributed by atoms with Gasteiger partial charge in [0.15, 0.2) is 0 Å². The maximum atomic E-state index is 11.6. The number of hydrogen-bond acceptors (Lipinski definition) is 4. The van der Waals surface area contributed by atoms with E-state index in [1.807, 2.05) is 0 Å². The van der Waals surface area contributed by atoms with Gasteiger partial charge in [0.1, 0.15) is 0 Å². The molecule has 0 aromatic rings. The number of rotatable bonds is 4. The molecule has 7 nitrogen and oxygen atoms in total. The van der Waals surface area contributed by atoms with Gasteiger partial charge in [-0.15, -0.1) is 0 Å². The lowest BCUT2D eigenvalue weighted by Crippen LogP contribution is -2.47. The molecule has 0 spiro atoms. The molecule has 0 radical (unpaired) electrons. The number of nitrogens with zero attached hydrogens (tertiary/aromatic N) is 2. The first kappa shape index (κ1) is 14.4. The molecule has 1 heterocycles. The lowest BCUT2D eigenvalue weighted by molar-refractivity contribution is -0.128. The van der Waals surface area contributed by atoms with Gasteiger partial charge in [0.2, 0.25) is 17.7 Å².